The van der Waals surface area contributed by atoms with Crippen LogP contribution in [0.5, 0.6) is 0 Å². The Bertz CT molecular complexity index is 979. The van der Waals surface area contributed by atoms with E-state index >= 15 is 0 Å². The molecule has 1 aliphatic rings. The monoisotopic (exact) mass is 336 g/mol. The van der Waals surface area contributed by atoms with Gasteiger partial charge >= 0.3 is 6.09 Å². The van der Waals surface area contributed by atoms with E-state index in [2.05, 4.69) is 15.5 Å². The minimum Gasteiger partial charge on any atom is -0.447 e. The van der Waals surface area contributed by atoms with E-state index < -0.39 is 0 Å². The molecule has 1 saturated heterocycles. The highest BCUT2D eigenvalue weighted by molar-refractivity contribution is 6.11. The summed E-state index contributed by atoms with van der Waals surface area (Å²) < 4.78 is 4.94. The minimum absolute atomic E-state index is 0.307. The fraction of sp³-hybridized carbons (Fsp3) is 0.167. The van der Waals surface area contributed by atoms with E-state index in [1.165, 1.54) is 4.90 Å². The predicted molar refractivity (Wildman–Crippen MR) is 93.9 cm³/mol. The third-order valence-corrected chi connectivity index (χ3v) is 4.11. The molecule has 0 radical (unpaired) electrons. The third-order valence-electron chi connectivity index (χ3n) is 4.11. The lowest BCUT2D eigenvalue weighted by molar-refractivity contribution is 0.102. The Morgan fingerprint density at radius 1 is 1.28 bits per heavy atom. The van der Waals surface area contributed by atoms with Crippen LogP contribution >= 0.6 is 0 Å². The smallest absolute Gasteiger partial charge is 0.414 e. The van der Waals surface area contributed by atoms with E-state index in [0.29, 0.717) is 30.2 Å². The van der Waals surface area contributed by atoms with E-state index in [4.69, 9.17) is 4.74 Å². The maximum atomic E-state index is 12.6. The molecule has 126 valence electrons. The van der Waals surface area contributed by atoms with Crippen molar-refractivity contribution < 1.29 is 14.3 Å². The topological polar surface area (TPSA) is 87.3 Å². The van der Waals surface area contributed by atoms with Crippen molar-refractivity contribution in [3.63, 3.8) is 0 Å². The Hall–Kier alpha value is -3.35. The largest absolute Gasteiger partial charge is 0.447 e. The number of nitrogens with one attached hydrogen (secondary N) is 2. The Balaban J connectivity index is 1.60. The summed E-state index contributed by atoms with van der Waals surface area (Å²) in [5.74, 6) is -0.307. The molecule has 7 heteroatoms. The normalized spacial score (nSPS) is 14.0. The van der Waals surface area contributed by atoms with Gasteiger partial charge in [-0.1, -0.05) is 17.7 Å². The van der Waals surface area contributed by atoms with Crippen LogP contribution in [0.15, 0.2) is 42.5 Å². The zero-order chi connectivity index (χ0) is 17.4. The molecule has 4 rings (SSSR count). The van der Waals surface area contributed by atoms with Gasteiger partial charge in [-0.3, -0.25) is 14.8 Å². The Morgan fingerprint density at radius 2 is 2.16 bits per heavy atom. The first-order valence-corrected chi connectivity index (χ1v) is 7.92. The van der Waals surface area contributed by atoms with Gasteiger partial charge in [0, 0.05) is 16.8 Å². The molecule has 2 amide bonds. The highest BCUT2D eigenvalue weighted by atomic mass is 16.6. The second-order valence-electron chi connectivity index (χ2n) is 5.89. The molecule has 25 heavy (non-hydrogen) atoms. The number of rotatable bonds is 3. The molecule has 0 spiro atoms. The third kappa shape index (κ3) is 2.80. The van der Waals surface area contributed by atoms with Gasteiger partial charge in [-0.2, -0.15) is 5.10 Å². The number of nitrogens with zero attached hydrogens (tertiary/aromatic N) is 2. The molecule has 2 N–H and O–H groups in total. The number of anilines is 2. The maximum Gasteiger partial charge on any atom is 0.414 e. The van der Waals surface area contributed by atoms with Crippen molar-refractivity contribution in [1.82, 2.24) is 10.2 Å². The van der Waals surface area contributed by atoms with Gasteiger partial charge in [-0.15, -0.1) is 0 Å². The first-order chi connectivity index (χ1) is 12.1. The molecule has 0 atom stereocenters. The van der Waals surface area contributed by atoms with Gasteiger partial charge in [0.1, 0.15) is 6.61 Å². The van der Waals surface area contributed by atoms with Gasteiger partial charge in [0.05, 0.1) is 12.1 Å². The number of hydrogen-bond acceptors (Lipinski definition) is 4. The number of aryl methyl sites for hydroxylation is 1. The summed E-state index contributed by atoms with van der Waals surface area (Å²) in [5.41, 5.74) is 3.47. The van der Waals surface area contributed by atoms with Crippen LogP contribution in [0.2, 0.25) is 0 Å². The maximum absolute atomic E-state index is 12.6. The van der Waals surface area contributed by atoms with E-state index in [1.54, 1.807) is 24.3 Å². The Morgan fingerprint density at radius 3 is 2.96 bits per heavy atom. The van der Waals surface area contributed by atoms with Crippen LogP contribution in [0, 0.1) is 6.92 Å². The number of aromatic nitrogens is 2. The van der Waals surface area contributed by atoms with Crippen LogP contribution in [-0.2, 0) is 4.74 Å². The second kappa shape index (κ2) is 5.94. The number of carbonyl (C=O) groups excluding carboxylic acids is 2. The van der Waals surface area contributed by atoms with Gasteiger partial charge in [-0.05, 0) is 37.3 Å². The number of cyclic esters (lactones) is 1. The molecular formula is C18H16N4O3. The number of aromatic amines is 1. The summed E-state index contributed by atoms with van der Waals surface area (Å²) in [6.45, 7) is 2.83. The minimum atomic E-state index is -0.378. The van der Waals surface area contributed by atoms with E-state index in [0.717, 1.165) is 16.5 Å². The summed E-state index contributed by atoms with van der Waals surface area (Å²) in [5, 5.41) is 10.6. The van der Waals surface area contributed by atoms with Crippen LogP contribution in [-0.4, -0.2) is 35.3 Å². The van der Waals surface area contributed by atoms with Gasteiger partial charge in [0.2, 0.25) is 0 Å². The average molecular weight is 336 g/mol. The molecule has 0 saturated carbocycles. The van der Waals surface area contributed by atoms with Crippen LogP contribution in [0.3, 0.4) is 0 Å². The number of carbonyl (C=O) groups is 2. The van der Waals surface area contributed by atoms with Gasteiger partial charge in [0.25, 0.3) is 5.91 Å². The van der Waals surface area contributed by atoms with Crippen LogP contribution < -0.4 is 10.2 Å². The fourth-order valence-electron chi connectivity index (χ4n) is 2.87. The van der Waals surface area contributed by atoms with Crippen molar-refractivity contribution in [2.45, 2.75) is 6.92 Å². The number of hydrogen-bond donors (Lipinski definition) is 2. The predicted octanol–water partition coefficient (Wildman–Crippen LogP) is 3.08. The van der Waals surface area contributed by atoms with E-state index in [9.17, 15) is 9.59 Å². The van der Waals surface area contributed by atoms with E-state index in [-0.39, 0.29) is 12.0 Å². The zero-order valence-corrected chi connectivity index (χ0v) is 13.6. The second-order valence-corrected chi connectivity index (χ2v) is 5.89. The number of amides is 2. The molecule has 1 aliphatic heterocycles. The van der Waals surface area contributed by atoms with Crippen molar-refractivity contribution in [3.05, 3.63) is 53.7 Å². The quantitative estimate of drug-likeness (QED) is 0.769. The lowest BCUT2D eigenvalue weighted by atomic mass is 10.1. The highest BCUT2D eigenvalue weighted by Gasteiger charge is 2.24. The lowest BCUT2D eigenvalue weighted by Gasteiger charge is -2.14. The van der Waals surface area contributed by atoms with Crippen molar-refractivity contribution in [2.75, 3.05) is 23.4 Å². The first kappa shape index (κ1) is 15.2. The fourth-order valence-corrected chi connectivity index (χ4v) is 2.87. The van der Waals surface area contributed by atoms with Gasteiger partial charge < -0.3 is 10.1 Å². The molecule has 0 unspecified atom stereocenters. The van der Waals surface area contributed by atoms with Crippen molar-refractivity contribution >= 4 is 34.3 Å². The molecule has 2 aromatic carbocycles. The molecule has 2 heterocycles. The van der Waals surface area contributed by atoms with Crippen LogP contribution in [0.4, 0.5) is 16.2 Å². The number of ether oxygens (including phenoxy) is 1. The standard InChI is InChI=1S/C18H16N4O3/c1-11-5-6-15-14(9-11)16(21-20-15)17(23)19-12-3-2-4-13(10-12)22-7-8-25-18(22)24/h2-6,9-10H,7-8H2,1H3,(H,19,23)(H,20,21). The summed E-state index contributed by atoms with van der Waals surface area (Å²) in [7, 11) is 0. The van der Waals surface area contributed by atoms with Gasteiger partial charge in [-0.25, -0.2) is 4.79 Å². The van der Waals surface area contributed by atoms with Crippen LogP contribution in [0.1, 0.15) is 16.1 Å². The summed E-state index contributed by atoms with van der Waals surface area (Å²) in [6.07, 6.45) is -0.378. The number of benzene rings is 2. The summed E-state index contributed by atoms with van der Waals surface area (Å²) in [4.78, 5) is 25.8. The van der Waals surface area contributed by atoms with Crippen molar-refractivity contribution in [2.24, 2.45) is 0 Å². The highest BCUT2D eigenvalue weighted by Crippen LogP contribution is 2.24. The molecule has 0 bridgehead atoms. The number of H-pyrrole nitrogens is 1. The molecule has 1 fully saturated rings. The average Bonchev–Trinajstić information content (AvgIpc) is 3.20. The van der Waals surface area contributed by atoms with Crippen LogP contribution in [0.25, 0.3) is 10.9 Å². The Kier molecular flexibility index (Phi) is 3.61. The Labute approximate surface area is 143 Å². The molecule has 7 nitrogen and oxygen atoms in total. The van der Waals surface area contributed by atoms with Crippen molar-refractivity contribution in [1.29, 1.82) is 0 Å². The molecular weight excluding hydrogens is 320 g/mol. The number of fused-ring (bicyclic) bond motifs is 1. The molecule has 1 aromatic heterocycles. The molecule has 0 aliphatic carbocycles. The van der Waals surface area contributed by atoms with Gasteiger partial charge in [0.15, 0.2) is 5.69 Å². The van der Waals surface area contributed by atoms with E-state index in [1.807, 2.05) is 25.1 Å². The zero-order valence-electron chi connectivity index (χ0n) is 13.6. The SMILES string of the molecule is Cc1ccc2[nH]nc(C(=O)Nc3cccc(N4CCOC4=O)c3)c2c1. The molecule has 3 aromatic rings. The first-order valence-electron chi connectivity index (χ1n) is 7.92. The summed E-state index contributed by atoms with van der Waals surface area (Å²) >= 11 is 0. The summed E-state index contributed by atoms with van der Waals surface area (Å²) in [6, 6.07) is 12.9. The lowest BCUT2D eigenvalue weighted by Crippen LogP contribution is -2.23. The van der Waals surface area contributed by atoms with Crippen molar-refractivity contribution in [3.8, 4) is 0 Å².